The van der Waals surface area contributed by atoms with Gasteiger partial charge in [-0.25, -0.2) is 4.98 Å². The number of pyridine rings is 1. The number of fused-ring (bicyclic) bond motifs is 1. The van der Waals surface area contributed by atoms with E-state index in [4.69, 9.17) is 23.2 Å². The van der Waals surface area contributed by atoms with Gasteiger partial charge < -0.3 is 4.90 Å². The van der Waals surface area contributed by atoms with Crippen LogP contribution in [-0.4, -0.2) is 46.9 Å². The summed E-state index contributed by atoms with van der Waals surface area (Å²) in [5.41, 5.74) is 2.73. The van der Waals surface area contributed by atoms with E-state index in [-0.39, 0.29) is 5.91 Å². The largest absolute Gasteiger partial charge is 0.336 e. The molecular formula is C21H19Cl2N3O. The van der Waals surface area contributed by atoms with Crippen molar-refractivity contribution in [2.24, 2.45) is 0 Å². The van der Waals surface area contributed by atoms with Gasteiger partial charge in [0.2, 0.25) is 0 Å². The SMILES string of the molecule is O=C(c1ccc2nc(Cl)ccc2c1)N1CCN(Cc2ccc(Cl)cc2)CC1. The zero-order valence-corrected chi connectivity index (χ0v) is 16.2. The summed E-state index contributed by atoms with van der Waals surface area (Å²) < 4.78 is 0. The summed E-state index contributed by atoms with van der Waals surface area (Å²) in [5.74, 6) is 0.0676. The third-order valence-corrected chi connectivity index (χ3v) is 5.34. The van der Waals surface area contributed by atoms with E-state index in [1.54, 1.807) is 6.07 Å². The zero-order chi connectivity index (χ0) is 18.8. The van der Waals surface area contributed by atoms with Gasteiger partial charge in [0, 0.05) is 48.7 Å². The smallest absolute Gasteiger partial charge is 0.253 e. The Balaban J connectivity index is 1.39. The molecule has 1 aromatic heterocycles. The Hall–Kier alpha value is -2.14. The lowest BCUT2D eigenvalue weighted by Gasteiger charge is -2.34. The van der Waals surface area contributed by atoms with Crippen LogP contribution in [0.1, 0.15) is 15.9 Å². The molecule has 6 heteroatoms. The molecule has 0 aliphatic carbocycles. The lowest BCUT2D eigenvalue weighted by Crippen LogP contribution is -2.48. The summed E-state index contributed by atoms with van der Waals surface area (Å²) >= 11 is 11.9. The van der Waals surface area contributed by atoms with Crippen molar-refractivity contribution in [1.82, 2.24) is 14.8 Å². The molecule has 4 nitrogen and oxygen atoms in total. The molecule has 2 heterocycles. The third-order valence-electron chi connectivity index (χ3n) is 4.88. The lowest BCUT2D eigenvalue weighted by molar-refractivity contribution is 0.0628. The van der Waals surface area contributed by atoms with Gasteiger partial charge in [-0.05, 0) is 48.0 Å². The average molecular weight is 400 g/mol. The molecule has 1 aliphatic heterocycles. The van der Waals surface area contributed by atoms with Crippen LogP contribution in [0.2, 0.25) is 10.2 Å². The summed E-state index contributed by atoms with van der Waals surface area (Å²) in [6, 6.07) is 17.1. The first-order valence-electron chi connectivity index (χ1n) is 8.91. The van der Waals surface area contributed by atoms with Gasteiger partial charge in [0.15, 0.2) is 0 Å². The standard InChI is InChI=1S/C21H19Cl2N3O/c22-18-5-1-15(2-6-18)14-25-9-11-26(12-10-25)21(27)17-3-7-19-16(13-17)4-8-20(23)24-19/h1-8,13H,9-12,14H2. The van der Waals surface area contributed by atoms with Crippen LogP contribution in [-0.2, 0) is 6.54 Å². The highest BCUT2D eigenvalue weighted by atomic mass is 35.5. The Morgan fingerprint density at radius 2 is 1.67 bits per heavy atom. The number of amides is 1. The van der Waals surface area contributed by atoms with Crippen molar-refractivity contribution in [3.63, 3.8) is 0 Å². The fraction of sp³-hybridized carbons (Fsp3) is 0.238. The van der Waals surface area contributed by atoms with Crippen LogP contribution in [0.3, 0.4) is 0 Å². The van der Waals surface area contributed by atoms with Crippen LogP contribution < -0.4 is 0 Å². The third kappa shape index (κ3) is 4.24. The maximum absolute atomic E-state index is 12.9. The first-order chi connectivity index (χ1) is 13.1. The van der Waals surface area contributed by atoms with Crippen LogP contribution in [0.4, 0.5) is 0 Å². The molecule has 1 amide bonds. The molecule has 0 spiro atoms. The normalized spacial score (nSPS) is 15.3. The quantitative estimate of drug-likeness (QED) is 0.608. The number of halogens is 2. The van der Waals surface area contributed by atoms with Crippen LogP contribution in [0.5, 0.6) is 0 Å². The van der Waals surface area contributed by atoms with Gasteiger partial charge >= 0.3 is 0 Å². The molecule has 3 aromatic rings. The van der Waals surface area contributed by atoms with Crippen molar-refractivity contribution in [2.75, 3.05) is 26.2 Å². The highest BCUT2D eigenvalue weighted by Crippen LogP contribution is 2.19. The maximum atomic E-state index is 12.9. The second-order valence-electron chi connectivity index (χ2n) is 6.74. The minimum absolute atomic E-state index is 0.0676. The number of benzene rings is 2. The Morgan fingerprint density at radius 3 is 2.41 bits per heavy atom. The molecule has 0 bridgehead atoms. The summed E-state index contributed by atoms with van der Waals surface area (Å²) in [4.78, 5) is 21.4. The van der Waals surface area contributed by atoms with Crippen LogP contribution in [0, 0.1) is 0 Å². The summed E-state index contributed by atoms with van der Waals surface area (Å²) in [5, 5.41) is 2.13. The Bertz CT molecular complexity index is 967. The lowest BCUT2D eigenvalue weighted by atomic mass is 10.1. The molecule has 0 radical (unpaired) electrons. The van der Waals surface area contributed by atoms with E-state index in [1.165, 1.54) is 5.56 Å². The topological polar surface area (TPSA) is 36.4 Å². The molecule has 0 N–H and O–H groups in total. The predicted octanol–water partition coefficient (Wildman–Crippen LogP) is 4.50. The summed E-state index contributed by atoms with van der Waals surface area (Å²) in [7, 11) is 0. The van der Waals surface area contributed by atoms with Gasteiger partial charge in [0.05, 0.1) is 5.52 Å². The van der Waals surface area contributed by atoms with E-state index in [1.807, 2.05) is 41.3 Å². The molecule has 0 atom stereocenters. The number of carbonyl (C=O) groups excluding carboxylic acids is 1. The van der Waals surface area contributed by atoms with Crippen molar-refractivity contribution in [1.29, 1.82) is 0 Å². The molecular weight excluding hydrogens is 381 g/mol. The highest BCUT2D eigenvalue weighted by molar-refractivity contribution is 6.30. The fourth-order valence-corrected chi connectivity index (χ4v) is 3.65. The van der Waals surface area contributed by atoms with Crippen molar-refractivity contribution >= 4 is 40.0 Å². The Kier molecular flexibility index (Phi) is 5.30. The van der Waals surface area contributed by atoms with Crippen molar-refractivity contribution in [3.05, 3.63) is 75.9 Å². The molecule has 0 saturated carbocycles. The van der Waals surface area contributed by atoms with E-state index in [0.29, 0.717) is 10.7 Å². The molecule has 138 valence electrons. The molecule has 1 saturated heterocycles. The van der Waals surface area contributed by atoms with Gasteiger partial charge in [-0.15, -0.1) is 0 Å². The second kappa shape index (κ2) is 7.85. The second-order valence-corrected chi connectivity index (χ2v) is 7.56. The molecule has 1 aliphatic rings. The van der Waals surface area contributed by atoms with E-state index >= 15 is 0 Å². The van der Waals surface area contributed by atoms with Crippen LogP contribution in [0.15, 0.2) is 54.6 Å². The first-order valence-corrected chi connectivity index (χ1v) is 9.66. The Labute approximate surface area is 168 Å². The van der Waals surface area contributed by atoms with E-state index in [9.17, 15) is 4.79 Å². The minimum Gasteiger partial charge on any atom is -0.336 e. The predicted molar refractivity (Wildman–Crippen MR) is 109 cm³/mol. The van der Waals surface area contributed by atoms with Gasteiger partial charge in [0.25, 0.3) is 5.91 Å². The van der Waals surface area contributed by atoms with E-state index in [0.717, 1.165) is 48.6 Å². The summed E-state index contributed by atoms with van der Waals surface area (Å²) in [6.07, 6.45) is 0. The van der Waals surface area contributed by atoms with Gasteiger partial charge in [-0.3, -0.25) is 9.69 Å². The van der Waals surface area contributed by atoms with E-state index in [2.05, 4.69) is 22.0 Å². The van der Waals surface area contributed by atoms with Crippen LogP contribution in [0.25, 0.3) is 10.9 Å². The van der Waals surface area contributed by atoms with Gasteiger partial charge in [0.1, 0.15) is 5.15 Å². The Morgan fingerprint density at radius 1 is 0.926 bits per heavy atom. The number of nitrogens with zero attached hydrogens (tertiary/aromatic N) is 3. The molecule has 2 aromatic carbocycles. The summed E-state index contributed by atoms with van der Waals surface area (Å²) in [6.45, 7) is 4.05. The zero-order valence-electron chi connectivity index (χ0n) is 14.7. The number of hydrogen-bond donors (Lipinski definition) is 0. The van der Waals surface area contributed by atoms with Crippen LogP contribution >= 0.6 is 23.2 Å². The van der Waals surface area contributed by atoms with Gasteiger partial charge in [-0.2, -0.15) is 0 Å². The highest BCUT2D eigenvalue weighted by Gasteiger charge is 2.22. The molecule has 1 fully saturated rings. The monoisotopic (exact) mass is 399 g/mol. The minimum atomic E-state index is 0.0676. The first kappa shape index (κ1) is 18.2. The molecule has 27 heavy (non-hydrogen) atoms. The number of carbonyl (C=O) groups is 1. The van der Waals surface area contributed by atoms with E-state index < -0.39 is 0 Å². The molecule has 4 rings (SSSR count). The number of rotatable bonds is 3. The maximum Gasteiger partial charge on any atom is 0.253 e. The fourth-order valence-electron chi connectivity index (χ4n) is 3.37. The van der Waals surface area contributed by atoms with Crippen molar-refractivity contribution < 1.29 is 4.79 Å². The van der Waals surface area contributed by atoms with Gasteiger partial charge in [-0.1, -0.05) is 35.3 Å². The number of aromatic nitrogens is 1. The van der Waals surface area contributed by atoms with Crippen molar-refractivity contribution in [3.8, 4) is 0 Å². The number of piperazine rings is 1. The molecule has 0 unspecified atom stereocenters. The number of hydrogen-bond acceptors (Lipinski definition) is 3. The van der Waals surface area contributed by atoms with Crippen molar-refractivity contribution in [2.45, 2.75) is 6.54 Å². The average Bonchev–Trinajstić information content (AvgIpc) is 2.69.